The zero-order valence-corrected chi connectivity index (χ0v) is 12.7. The Morgan fingerprint density at radius 2 is 1.72 bits per heavy atom. The van der Waals surface area contributed by atoms with Crippen LogP contribution in [-0.2, 0) is 0 Å². The highest BCUT2D eigenvalue weighted by molar-refractivity contribution is 4.75. The van der Waals surface area contributed by atoms with Crippen molar-refractivity contribution < 1.29 is 0 Å². The molecule has 0 bridgehead atoms. The fraction of sp³-hybridized carbons (Fsp3) is 1.00. The number of nitrogens with two attached hydrogens (primary N) is 1. The lowest BCUT2D eigenvalue weighted by Gasteiger charge is -2.38. The van der Waals surface area contributed by atoms with Crippen LogP contribution in [0.25, 0.3) is 0 Å². The Morgan fingerprint density at radius 1 is 1.06 bits per heavy atom. The minimum absolute atomic E-state index is 0.761. The third-order valence-electron chi connectivity index (χ3n) is 4.45. The summed E-state index contributed by atoms with van der Waals surface area (Å²) in [6, 6.07) is 0.761. The summed E-state index contributed by atoms with van der Waals surface area (Å²) >= 11 is 0. The molecular formula is C15H33N3. The molecule has 0 spiro atoms. The standard InChI is InChI=1S/C15H33N3/c1-4-15(3)18-12-10-17(11-13-18)9-5-6-14(2)7-8-16/h14-15H,4-13,16H2,1-3H3. The highest BCUT2D eigenvalue weighted by Crippen LogP contribution is 2.12. The van der Waals surface area contributed by atoms with Crippen LogP contribution < -0.4 is 5.73 Å². The zero-order chi connectivity index (χ0) is 13.4. The van der Waals surface area contributed by atoms with Crippen LogP contribution in [0.1, 0.15) is 46.5 Å². The molecule has 0 aromatic carbocycles. The summed E-state index contributed by atoms with van der Waals surface area (Å²) in [5, 5.41) is 0. The monoisotopic (exact) mass is 255 g/mol. The van der Waals surface area contributed by atoms with Crippen LogP contribution >= 0.6 is 0 Å². The van der Waals surface area contributed by atoms with Gasteiger partial charge in [-0.2, -0.15) is 0 Å². The zero-order valence-electron chi connectivity index (χ0n) is 12.7. The Bertz CT molecular complexity index is 200. The molecule has 1 aliphatic rings. The van der Waals surface area contributed by atoms with Crippen molar-refractivity contribution in [1.82, 2.24) is 9.80 Å². The van der Waals surface area contributed by atoms with Gasteiger partial charge in [-0.15, -0.1) is 0 Å². The normalized spacial score (nSPS) is 22.0. The van der Waals surface area contributed by atoms with E-state index in [-0.39, 0.29) is 0 Å². The summed E-state index contributed by atoms with van der Waals surface area (Å²) in [5.74, 6) is 0.802. The van der Waals surface area contributed by atoms with Crippen molar-refractivity contribution in [3.8, 4) is 0 Å². The van der Waals surface area contributed by atoms with E-state index >= 15 is 0 Å². The van der Waals surface area contributed by atoms with Gasteiger partial charge >= 0.3 is 0 Å². The van der Waals surface area contributed by atoms with Gasteiger partial charge in [0.25, 0.3) is 0 Å². The highest BCUT2D eigenvalue weighted by atomic mass is 15.3. The summed E-state index contributed by atoms with van der Waals surface area (Å²) < 4.78 is 0. The van der Waals surface area contributed by atoms with E-state index < -0.39 is 0 Å². The number of rotatable bonds is 8. The second-order valence-corrected chi connectivity index (χ2v) is 5.96. The first-order valence-corrected chi connectivity index (χ1v) is 7.83. The van der Waals surface area contributed by atoms with E-state index in [1.165, 1.54) is 58.4 Å². The first-order valence-electron chi connectivity index (χ1n) is 7.83. The molecule has 2 unspecified atom stereocenters. The molecule has 1 heterocycles. The maximum absolute atomic E-state index is 5.58. The van der Waals surface area contributed by atoms with E-state index in [0.29, 0.717) is 0 Å². The topological polar surface area (TPSA) is 32.5 Å². The molecule has 1 rings (SSSR count). The number of nitrogens with zero attached hydrogens (tertiary/aromatic N) is 2. The lowest BCUT2D eigenvalue weighted by Crippen LogP contribution is -2.49. The van der Waals surface area contributed by atoms with Crippen LogP contribution in [0.5, 0.6) is 0 Å². The molecule has 0 saturated carbocycles. The van der Waals surface area contributed by atoms with Gasteiger partial charge < -0.3 is 10.6 Å². The second kappa shape index (κ2) is 8.89. The van der Waals surface area contributed by atoms with Crippen LogP contribution in [0.4, 0.5) is 0 Å². The first kappa shape index (κ1) is 15.9. The van der Waals surface area contributed by atoms with Gasteiger partial charge in [0.15, 0.2) is 0 Å². The van der Waals surface area contributed by atoms with Crippen LogP contribution in [0.3, 0.4) is 0 Å². The van der Waals surface area contributed by atoms with Crippen LogP contribution in [0.15, 0.2) is 0 Å². The van der Waals surface area contributed by atoms with Gasteiger partial charge in [-0.3, -0.25) is 4.90 Å². The highest BCUT2D eigenvalue weighted by Gasteiger charge is 2.19. The van der Waals surface area contributed by atoms with Crippen molar-refractivity contribution in [2.24, 2.45) is 11.7 Å². The van der Waals surface area contributed by atoms with Crippen molar-refractivity contribution in [3.63, 3.8) is 0 Å². The summed E-state index contributed by atoms with van der Waals surface area (Å²) in [5.41, 5.74) is 5.58. The predicted molar refractivity (Wildman–Crippen MR) is 79.8 cm³/mol. The third-order valence-corrected chi connectivity index (χ3v) is 4.45. The fourth-order valence-corrected chi connectivity index (χ4v) is 2.78. The molecule has 0 aliphatic carbocycles. The smallest absolute Gasteiger partial charge is 0.0113 e. The lowest BCUT2D eigenvalue weighted by molar-refractivity contribution is 0.0987. The van der Waals surface area contributed by atoms with Crippen LogP contribution in [0.2, 0.25) is 0 Å². The molecule has 0 amide bonds. The number of hydrogen-bond acceptors (Lipinski definition) is 3. The second-order valence-electron chi connectivity index (χ2n) is 5.96. The first-order chi connectivity index (χ1) is 8.67. The van der Waals surface area contributed by atoms with Crippen molar-refractivity contribution in [1.29, 1.82) is 0 Å². The Kier molecular flexibility index (Phi) is 7.87. The average Bonchev–Trinajstić information content (AvgIpc) is 2.39. The van der Waals surface area contributed by atoms with Crippen molar-refractivity contribution in [3.05, 3.63) is 0 Å². The average molecular weight is 255 g/mol. The minimum Gasteiger partial charge on any atom is -0.330 e. The molecule has 108 valence electrons. The molecule has 18 heavy (non-hydrogen) atoms. The van der Waals surface area contributed by atoms with E-state index in [4.69, 9.17) is 5.73 Å². The Morgan fingerprint density at radius 3 is 2.28 bits per heavy atom. The third kappa shape index (κ3) is 5.68. The maximum Gasteiger partial charge on any atom is 0.0113 e. The molecule has 0 radical (unpaired) electrons. The summed E-state index contributed by atoms with van der Waals surface area (Å²) in [6.45, 7) is 14.1. The molecule has 1 saturated heterocycles. The van der Waals surface area contributed by atoms with Crippen LogP contribution in [0, 0.1) is 5.92 Å². The van der Waals surface area contributed by atoms with Crippen LogP contribution in [-0.4, -0.2) is 55.1 Å². The van der Waals surface area contributed by atoms with Gasteiger partial charge in [-0.05, 0) is 51.6 Å². The Labute approximate surface area is 114 Å². The van der Waals surface area contributed by atoms with Crippen molar-refractivity contribution in [2.45, 2.75) is 52.5 Å². The van der Waals surface area contributed by atoms with E-state index in [0.717, 1.165) is 18.5 Å². The summed E-state index contributed by atoms with van der Waals surface area (Å²) in [4.78, 5) is 5.27. The number of piperazine rings is 1. The minimum atomic E-state index is 0.761. The summed E-state index contributed by atoms with van der Waals surface area (Å²) in [7, 11) is 0. The van der Waals surface area contributed by atoms with E-state index in [9.17, 15) is 0 Å². The van der Waals surface area contributed by atoms with E-state index in [1.54, 1.807) is 0 Å². The SMILES string of the molecule is CCC(C)N1CCN(CCCC(C)CCN)CC1. The molecule has 3 heteroatoms. The Hall–Kier alpha value is -0.120. The molecule has 2 atom stereocenters. The van der Waals surface area contributed by atoms with E-state index in [2.05, 4.69) is 30.6 Å². The largest absolute Gasteiger partial charge is 0.330 e. The quantitative estimate of drug-likeness (QED) is 0.721. The molecule has 3 nitrogen and oxygen atoms in total. The Balaban J connectivity index is 2.08. The van der Waals surface area contributed by atoms with Gasteiger partial charge in [0.05, 0.1) is 0 Å². The van der Waals surface area contributed by atoms with Crippen molar-refractivity contribution in [2.75, 3.05) is 39.3 Å². The maximum atomic E-state index is 5.58. The molecule has 1 aliphatic heterocycles. The van der Waals surface area contributed by atoms with Gasteiger partial charge in [0, 0.05) is 32.2 Å². The van der Waals surface area contributed by atoms with Gasteiger partial charge in [0.1, 0.15) is 0 Å². The van der Waals surface area contributed by atoms with Gasteiger partial charge in [0.2, 0.25) is 0 Å². The molecule has 0 aromatic rings. The molecule has 1 fully saturated rings. The van der Waals surface area contributed by atoms with E-state index in [1.807, 2.05) is 0 Å². The molecular weight excluding hydrogens is 222 g/mol. The van der Waals surface area contributed by atoms with Crippen molar-refractivity contribution >= 4 is 0 Å². The molecule has 2 N–H and O–H groups in total. The van der Waals surface area contributed by atoms with Gasteiger partial charge in [-0.25, -0.2) is 0 Å². The molecule has 0 aromatic heterocycles. The van der Waals surface area contributed by atoms with Gasteiger partial charge in [-0.1, -0.05) is 13.8 Å². The predicted octanol–water partition coefficient (Wildman–Crippen LogP) is 2.17. The lowest BCUT2D eigenvalue weighted by atomic mass is 10.0. The summed E-state index contributed by atoms with van der Waals surface area (Å²) in [6.07, 6.45) is 5.13. The fourth-order valence-electron chi connectivity index (χ4n) is 2.78. The number of hydrogen-bond donors (Lipinski definition) is 1.